The lowest BCUT2D eigenvalue weighted by Crippen LogP contribution is -2.22. The van der Waals surface area contributed by atoms with Crippen molar-refractivity contribution in [3.63, 3.8) is 0 Å². The number of H-pyrrole nitrogens is 1. The SMILES string of the molecule is C[C@H](Sc1n[nH]c(-c2ccccc2)n1)C(=O)Nc1ccc2c(c1)OCO2. The van der Waals surface area contributed by atoms with Gasteiger partial charge in [-0.05, 0) is 19.1 Å². The quantitative estimate of drug-likeness (QED) is 0.672. The minimum atomic E-state index is -0.361. The molecule has 1 atom stereocenters. The Morgan fingerprint density at radius 3 is 2.85 bits per heavy atom. The first-order valence-electron chi connectivity index (χ1n) is 8.04. The van der Waals surface area contributed by atoms with Gasteiger partial charge in [0.15, 0.2) is 17.3 Å². The molecule has 8 heteroatoms. The number of benzene rings is 2. The van der Waals surface area contributed by atoms with Crippen molar-refractivity contribution in [1.82, 2.24) is 15.2 Å². The van der Waals surface area contributed by atoms with Gasteiger partial charge in [-0.3, -0.25) is 9.89 Å². The number of nitrogens with one attached hydrogen (secondary N) is 2. The van der Waals surface area contributed by atoms with Crippen molar-refractivity contribution in [3.05, 3.63) is 48.5 Å². The highest BCUT2D eigenvalue weighted by Gasteiger charge is 2.19. The van der Waals surface area contributed by atoms with E-state index < -0.39 is 0 Å². The first kappa shape index (κ1) is 16.5. The molecule has 1 aliphatic heterocycles. The van der Waals surface area contributed by atoms with E-state index in [1.807, 2.05) is 37.3 Å². The van der Waals surface area contributed by atoms with Gasteiger partial charge in [0.25, 0.3) is 0 Å². The predicted molar refractivity (Wildman–Crippen MR) is 98.3 cm³/mol. The highest BCUT2D eigenvalue weighted by molar-refractivity contribution is 8.00. The first-order chi connectivity index (χ1) is 12.7. The summed E-state index contributed by atoms with van der Waals surface area (Å²) < 4.78 is 10.6. The van der Waals surface area contributed by atoms with Crippen LogP contribution in [0.3, 0.4) is 0 Å². The van der Waals surface area contributed by atoms with Gasteiger partial charge >= 0.3 is 0 Å². The molecule has 0 saturated carbocycles. The number of hydrogen-bond acceptors (Lipinski definition) is 6. The second kappa shape index (κ2) is 7.09. The number of hydrogen-bond donors (Lipinski definition) is 2. The molecule has 3 aromatic rings. The molecule has 0 bridgehead atoms. The second-order valence-corrected chi connectivity index (χ2v) is 6.96. The van der Waals surface area contributed by atoms with Crippen molar-refractivity contribution < 1.29 is 14.3 Å². The van der Waals surface area contributed by atoms with Crippen LogP contribution >= 0.6 is 11.8 Å². The Morgan fingerprint density at radius 2 is 2.00 bits per heavy atom. The zero-order valence-electron chi connectivity index (χ0n) is 13.9. The van der Waals surface area contributed by atoms with E-state index in [2.05, 4.69) is 20.5 Å². The number of ether oxygens (including phenoxy) is 2. The van der Waals surface area contributed by atoms with Gasteiger partial charge in [0.05, 0.1) is 5.25 Å². The Balaban J connectivity index is 1.39. The Morgan fingerprint density at radius 1 is 1.19 bits per heavy atom. The maximum Gasteiger partial charge on any atom is 0.237 e. The monoisotopic (exact) mass is 368 g/mol. The van der Waals surface area contributed by atoms with Crippen LogP contribution in [0.4, 0.5) is 5.69 Å². The Kier molecular flexibility index (Phi) is 4.49. The van der Waals surface area contributed by atoms with Gasteiger partial charge in [0.2, 0.25) is 17.9 Å². The number of thioether (sulfide) groups is 1. The number of anilines is 1. The molecule has 2 N–H and O–H groups in total. The molecule has 0 saturated heterocycles. The molecule has 7 nitrogen and oxygen atoms in total. The van der Waals surface area contributed by atoms with E-state index in [0.717, 1.165) is 5.56 Å². The minimum Gasteiger partial charge on any atom is -0.454 e. The smallest absolute Gasteiger partial charge is 0.237 e. The Bertz CT molecular complexity index is 929. The number of carbonyl (C=O) groups is 1. The molecule has 0 spiro atoms. The van der Waals surface area contributed by atoms with Crippen LogP contribution in [0.5, 0.6) is 11.5 Å². The van der Waals surface area contributed by atoms with Gasteiger partial charge in [-0.25, -0.2) is 4.98 Å². The van der Waals surface area contributed by atoms with Gasteiger partial charge in [-0.15, -0.1) is 5.10 Å². The van der Waals surface area contributed by atoms with E-state index in [-0.39, 0.29) is 18.0 Å². The molecule has 0 unspecified atom stereocenters. The van der Waals surface area contributed by atoms with Gasteiger partial charge in [0.1, 0.15) is 0 Å². The fraction of sp³-hybridized carbons (Fsp3) is 0.167. The van der Waals surface area contributed by atoms with Gasteiger partial charge in [0, 0.05) is 17.3 Å². The lowest BCUT2D eigenvalue weighted by Gasteiger charge is -2.10. The van der Waals surface area contributed by atoms with E-state index in [1.165, 1.54) is 11.8 Å². The molecule has 4 rings (SSSR count). The van der Waals surface area contributed by atoms with Crippen LogP contribution in [0.2, 0.25) is 0 Å². The molecule has 1 aromatic heterocycles. The molecular weight excluding hydrogens is 352 g/mol. The lowest BCUT2D eigenvalue weighted by atomic mass is 10.2. The molecule has 2 heterocycles. The second-order valence-electron chi connectivity index (χ2n) is 5.65. The molecule has 0 radical (unpaired) electrons. The zero-order valence-corrected chi connectivity index (χ0v) is 14.7. The van der Waals surface area contributed by atoms with Crippen LogP contribution in [0.25, 0.3) is 11.4 Å². The van der Waals surface area contributed by atoms with Crippen LogP contribution in [0.15, 0.2) is 53.7 Å². The number of aromatic amines is 1. The largest absolute Gasteiger partial charge is 0.454 e. The van der Waals surface area contributed by atoms with Crippen molar-refractivity contribution in [1.29, 1.82) is 0 Å². The number of amides is 1. The van der Waals surface area contributed by atoms with E-state index >= 15 is 0 Å². The molecule has 132 valence electrons. The maximum absolute atomic E-state index is 12.4. The normalized spacial score (nSPS) is 13.4. The van der Waals surface area contributed by atoms with E-state index in [0.29, 0.717) is 28.2 Å². The zero-order chi connectivity index (χ0) is 17.9. The topological polar surface area (TPSA) is 89.1 Å². The van der Waals surface area contributed by atoms with Crippen LogP contribution < -0.4 is 14.8 Å². The fourth-order valence-electron chi connectivity index (χ4n) is 2.45. The molecule has 1 aliphatic rings. The summed E-state index contributed by atoms with van der Waals surface area (Å²) in [4.78, 5) is 16.9. The number of fused-ring (bicyclic) bond motifs is 1. The summed E-state index contributed by atoms with van der Waals surface area (Å²) in [6.45, 7) is 2.01. The molecule has 2 aromatic carbocycles. The van der Waals surface area contributed by atoms with Crippen LogP contribution in [0, 0.1) is 0 Å². The highest BCUT2D eigenvalue weighted by Crippen LogP contribution is 2.34. The van der Waals surface area contributed by atoms with Crippen molar-refractivity contribution in [2.45, 2.75) is 17.3 Å². The summed E-state index contributed by atoms with van der Waals surface area (Å²) in [5.74, 6) is 1.85. The van der Waals surface area contributed by atoms with E-state index in [4.69, 9.17) is 9.47 Å². The molecule has 0 fully saturated rings. The summed E-state index contributed by atoms with van der Waals surface area (Å²) >= 11 is 1.29. The summed E-state index contributed by atoms with van der Waals surface area (Å²) in [6, 6.07) is 15.0. The number of aromatic nitrogens is 3. The third-order valence-electron chi connectivity index (χ3n) is 3.80. The Hall–Kier alpha value is -3.00. The summed E-state index contributed by atoms with van der Waals surface area (Å²) in [5.41, 5.74) is 1.61. The Labute approximate surface area is 154 Å². The average molecular weight is 368 g/mol. The van der Waals surface area contributed by atoms with Gasteiger partial charge in [-0.1, -0.05) is 42.1 Å². The van der Waals surface area contributed by atoms with Crippen LogP contribution in [0.1, 0.15) is 6.92 Å². The van der Waals surface area contributed by atoms with E-state index in [1.54, 1.807) is 18.2 Å². The van der Waals surface area contributed by atoms with Crippen molar-refractivity contribution >= 4 is 23.4 Å². The van der Waals surface area contributed by atoms with Gasteiger partial charge in [-0.2, -0.15) is 0 Å². The lowest BCUT2D eigenvalue weighted by molar-refractivity contribution is -0.115. The number of nitrogens with zero attached hydrogens (tertiary/aromatic N) is 2. The average Bonchev–Trinajstić information content (AvgIpc) is 3.31. The third kappa shape index (κ3) is 3.50. The van der Waals surface area contributed by atoms with Crippen molar-refractivity contribution in [2.24, 2.45) is 0 Å². The minimum absolute atomic E-state index is 0.139. The first-order valence-corrected chi connectivity index (χ1v) is 8.92. The third-order valence-corrected chi connectivity index (χ3v) is 4.76. The molecular formula is C18H16N4O3S. The van der Waals surface area contributed by atoms with E-state index in [9.17, 15) is 4.79 Å². The molecule has 0 aliphatic carbocycles. The summed E-state index contributed by atoms with van der Waals surface area (Å²) in [7, 11) is 0. The summed E-state index contributed by atoms with van der Waals surface area (Å²) in [5, 5.41) is 10.1. The van der Waals surface area contributed by atoms with Crippen LogP contribution in [-0.4, -0.2) is 33.1 Å². The standard InChI is InChI=1S/C18H16N4O3S/c1-11(17(23)19-13-7-8-14-15(9-13)25-10-24-14)26-18-20-16(21-22-18)12-5-3-2-4-6-12/h2-9,11H,10H2,1H3,(H,19,23)(H,20,21,22)/t11-/m0/s1. The maximum atomic E-state index is 12.4. The fourth-order valence-corrected chi connectivity index (χ4v) is 3.18. The predicted octanol–water partition coefficient (Wildman–Crippen LogP) is 3.32. The van der Waals surface area contributed by atoms with Gasteiger partial charge < -0.3 is 14.8 Å². The summed E-state index contributed by atoms with van der Waals surface area (Å²) in [6.07, 6.45) is 0. The number of rotatable bonds is 5. The molecule has 26 heavy (non-hydrogen) atoms. The number of carbonyl (C=O) groups excluding carboxylic acids is 1. The van der Waals surface area contributed by atoms with Crippen LogP contribution in [-0.2, 0) is 4.79 Å². The molecule has 1 amide bonds. The van der Waals surface area contributed by atoms with Crippen molar-refractivity contribution in [2.75, 3.05) is 12.1 Å². The highest BCUT2D eigenvalue weighted by atomic mass is 32.2. The van der Waals surface area contributed by atoms with Crippen molar-refractivity contribution in [3.8, 4) is 22.9 Å².